The van der Waals surface area contributed by atoms with Crippen molar-refractivity contribution in [3.05, 3.63) is 48.5 Å². The van der Waals surface area contributed by atoms with E-state index in [1.165, 1.54) is 11.8 Å². The van der Waals surface area contributed by atoms with Gasteiger partial charge in [-0.25, -0.2) is 4.99 Å². The zero-order valence-electron chi connectivity index (χ0n) is 11.8. The van der Waals surface area contributed by atoms with Gasteiger partial charge in [0.1, 0.15) is 5.75 Å². The third kappa shape index (κ3) is 3.77. The van der Waals surface area contributed by atoms with Gasteiger partial charge in [0.15, 0.2) is 11.4 Å². The molecule has 2 aromatic carbocycles. The largest absolute Gasteiger partial charge is 0.497 e. The second-order valence-corrected chi connectivity index (χ2v) is 4.90. The molecule has 2 aromatic rings. The van der Waals surface area contributed by atoms with Crippen LogP contribution < -0.4 is 10.1 Å². The maximum atomic E-state index is 8.75. The fourth-order valence-electron chi connectivity index (χ4n) is 1.87. The van der Waals surface area contributed by atoms with Gasteiger partial charge < -0.3 is 4.74 Å². The summed E-state index contributed by atoms with van der Waals surface area (Å²) in [6.07, 6.45) is 3.76. The van der Waals surface area contributed by atoms with E-state index in [4.69, 9.17) is 10.00 Å². The molecule has 0 saturated heterocycles. The Kier molecular flexibility index (Phi) is 5.24. The second-order valence-electron chi connectivity index (χ2n) is 4.11. The maximum absolute atomic E-state index is 8.75. The number of nitriles is 1. The maximum Gasteiger partial charge on any atom is 0.183 e. The van der Waals surface area contributed by atoms with Gasteiger partial charge in [0.2, 0.25) is 0 Å². The molecule has 0 aliphatic carbocycles. The van der Waals surface area contributed by atoms with Crippen LogP contribution in [0, 0.1) is 11.5 Å². The van der Waals surface area contributed by atoms with Crippen LogP contribution in [0.1, 0.15) is 0 Å². The Hall–Kier alpha value is -2.45. The highest BCUT2D eigenvalue weighted by Gasteiger charge is 2.07. The smallest absolute Gasteiger partial charge is 0.183 e. The van der Waals surface area contributed by atoms with E-state index in [0.29, 0.717) is 5.17 Å². The van der Waals surface area contributed by atoms with Crippen molar-refractivity contribution in [3.63, 3.8) is 0 Å². The predicted molar refractivity (Wildman–Crippen MR) is 87.8 cm³/mol. The molecule has 0 unspecified atom stereocenters. The number of nitrogens with one attached hydrogen (secondary N) is 1. The normalized spacial score (nSPS) is 10.8. The lowest BCUT2D eigenvalue weighted by atomic mass is 10.0. The predicted octanol–water partition coefficient (Wildman–Crippen LogP) is 3.78. The first kappa shape index (κ1) is 14.9. The van der Waals surface area contributed by atoms with Crippen molar-refractivity contribution in [1.29, 1.82) is 5.26 Å². The number of rotatable bonds is 3. The number of methoxy groups -OCH3 is 1. The van der Waals surface area contributed by atoms with Crippen LogP contribution in [-0.2, 0) is 0 Å². The van der Waals surface area contributed by atoms with E-state index >= 15 is 0 Å². The van der Waals surface area contributed by atoms with Crippen LogP contribution in [-0.4, -0.2) is 18.5 Å². The van der Waals surface area contributed by atoms with Gasteiger partial charge in [-0.3, -0.25) is 5.32 Å². The Morgan fingerprint density at radius 3 is 2.62 bits per heavy atom. The van der Waals surface area contributed by atoms with E-state index < -0.39 is 0 Å². The van der Waals surface area contributed by atoms with Crippen LogP contribution in [0.15, 0.2) is 53.5 Å². The summed E-state index contributed by atoms with van der Waals surface area (Å²) < 4.78 is 5.26. The molecule has 21 heavy (non-hydrogen) atoms. The molecule has 5 heteroatoms. The third-order valence-corrected chi connectivity index (χ3v) is 3.45. The van der Waals surface area contributed by atoms with Gasteiger partial charge >= 0.3 is 0 Å². The van der Waals surface area contributed by atoms with Crippen LogP contribution in [0.25, 0.3) is 11.1 Å². The second kappa shape index (κ2) is 7.36. The molecule has 1 N–H and O–H groups in total. The number of hydrogen-bond acceptors (Lipinski definition) is 4. The summed E-state index contributed by atoms with van der Waals surface area (Å²) in [5.41, 5.74) is 2.81. The summed E-state index contributed by atoms with van der Waals surface area (Å²) in [5, 5.41) is 11.9. The van der Waals surface area contributed by atoms with Gasteiger partial charge in [-0.1, -0.05) is 42.1 Å². The number of nitrogens with zero attached hydrogens (tertiary/aromatic N) is 2. The van der Waals surface area contributed by atoms with E-state index in [1.54, 1.807) is 7.11 Å². The lowest BCUT2D eigenvalue weighted by Crippen LogP contribution is -2.12. The lowest BCUT2D eigenvalue weighted by molar-refractivity contribution is 0.415. The number of aliphatic imine (C=N–C) groups is 1. The van der Waals surface area contributed by atoms with Crippen molar-refractivity contribution in [2.24, 2.45) is 4.99 Å². The molecule has 4 nitrogen and oxygen atoms in total. The molecule has 2 rings (SSSR count). The minimum atomic E-state index is 0.544. The molecule has 0 spiro atoms. The SMILES string of the molecule is COc1ccc(-c2ccccc2)c(N=C(NC#N)SC)c1. The highest BCUT2D eigenvalue weighted by molar-refractivity contribution is 8.13. The van der Waals surface area contributed by atoms with E-state index in [9.17, 15) is 0 Å². The summed E-state index contributed by atoms with van der Waals surface area (Å²) in [6, 6.07) is 15.7. The number of thioether (sulfide) groups is 1. The van der Waals surface area contributed by atoms with Gasteiger partial charge in [-0.05, 0) is 24.0 Å². The standard InChI is InChI=1S/C16H15N3OS/c1-20-13-8-9-14(12-6-4-3-5-7-12)15(10-13)19-16(21-2)18-11-17/h3-10H,1-2H3,(H,18,19). The molecule has 0 amide bonds. The lowest BCUT2D eigenvalue weighted by Gasteiger charge is -2.09. The number of ether oxygens (including phenoxy) is 1. The molecule has 0 heterocycles. The van der Waals surface area contributed by atoms with Gasteiger partial charge in [-0.15, -0.1) is 0 Å². The minimum Gasteiger partial charge on any atom is -0.497 e. The summed E-state index contributed by atoms with van der Waals surface area (Å²) in [7, 11) is 1.62. The van der Waals surface area contributed by atoms with Crippen molar-refractivity contribution in [2.75, 3.05) is 13.4 Å². The average molecular weight is 297 g/mol. The highest BCUT2D eigenvalue weighted by atomic mass is 32.2. The van der Waals surface area contributed by atoms with Crippen molar-refractivity contribution in [1.82, 2.24) is 5.32 Å². The first-order valence-electron chi connectivity index (χ1n) is 6.29. The summed E-state index contributed by atoms with van der Waals surface area (Å²) in [5.74, 6) is 0.728. The van der Waals surface area contributed by atoms with E-state index in [-0.39, 0.29) is 0 Å². The number of hydrogen-bond donors (Lipinski definition) is 1. The van der Waals surface area contributed by atoms with Crippen LogP contribution in [0.4, 0.5) is 5.69 Å². The monoisotopic (exact) mass is 297 g/mol. The Balaban J connectivity index is 2.54. The van der Waals surface area contributed by atoms with Gasteiger partial charge in [-0.2, -0.15) is 5.26 Å². The molecule has 0 radical (unpaired) electrons. The minimum absolute atomic E-state index is 0.544. The Bertz CT molecular complexity index is 678. The molecule has 0 aliphatic heterocycles. The van der Waals surface area contributed by atoms with Crippen molar-refractivity contribution < 1.29 is 4.74 Å². The fourth-order valence-corrected chi connectivity index (χ4v) is 2.21. The van der Waals surface area contributed by atoms with Crippen LogP contribution in [0.5, 0.6) is 5.75 Å². The molecule has 0 atom stereocenters. The molecule has 0 fully saturated rings. The fraction of sp³-hybridized carbons (Fsp3) is 0.125. The zero-order chi connectivity index (χ0) is 15.1. The van der Waals surface area contributed by atoms with E-state index in [1.807, 2.05) is 61.0 Å². The molecule has 0 aromatic heterocycles. The summed E-state index contributed by atoms with van der Waals surface area (Å²) >= 11 is 1.38. The first-order valence-corrected chi connectivity index (χ1v) is 7.52. The third-order valence-electron chi connectivity index (χ3n) is 2.87. The van der Waals surface area contributed by atoms with Crippen LogP contribution in [0.2, 0.25) is 0 Å². The molecular weight excluding hydrogens is 282 g/mol. The first-order chi connectivity index (χ1) is 10.3. The topological polar surface area (TPSA) is 57.4 Å². The van der Waals surface area contributed by atoms with Crippen molar-refractivity contribution in [2.45, 2.75) is 0 Å². The quantitative estimate of drug-likeness (QED) is 0.405. The van der Waals surface area contributed by atoms with Crippen LogP contribution in [0.3, 0.4) is 0 Å². The summed E-state index contributed by atoms with van der Waals surface area (Å²) in [6.45, 7) is 0. The van der Waals surface area contributed by atoms with E-state index in [0.717, 1.165) is 22.6 Å². The Morgan fingerprint density at radius 1 is 1.24 bits per heavy atom. The molecule has 0 bridgehead atoms. The molecule has 0 saturated carbocycles. The van der Waals surface area contributed by atoms with E-state index in [2.05, 4.69) is 10.3 Å². The van der Waals surface area contributed by atoms with Gasteiger partial charge in [0, 0.05) is 11.6 Å². The Labute approximate surface area is 128 Å². The van der Waals surface area contributed by atoms with Gasteiger partial charge in [0.05, 0.1) is 12.8 Å². The van der Waals surface area contributed by atoms with Crippen molar-refractivity contribution >= 4 is 22.6 Å². The zero-order valence-corrected chi connectivity index (χ0v) is 12.6. The molecular formula is C16H15N3OS. The summed E-state index contributed by atoms with van der Waals surface area (Å²) in [4.78, 5) is 4.52. The molecule has 0 aliphatic rings. The molecule has 106 valence electrons. The van der Waals surface area contributed by atoms with Crippen LogP contribution >= 0.6 is 11.8 Å². The number of amidine groups is 1. The highest BCUT2D eigenvalue weighted by Crippen LogP contribution is 2.34. The Morgan fingerprint density at radius 2 is 2.00 bits per heavy atom. The van der Waals surface area contributed by atoms with Gasteiger partial charge in [0.25, 0.3) is 0 Å². The number of benzene rings is 2. The average Bonchev–Trinajstić information content (AvgIpc) is 2.55. The van der Waals surface area contributed by atoms with Crippen molar-refractivity contribution in [3.8, 4) is 23.1 Å².